The van der Waals surface area contributed by atoms with Gasteiger partial charge in [0.05, 0.1) is 17.0 Å². The van der Waals surface area contributed by atoms with Gasteiger partial charge < -0.3 is 20.1 Å². The number of hydrogen-bond donors (Lipinski definition) is 2. The van der Waals surface area contributed by atoms with Crippen LogP contribution in [0.2, 0.25) is 5.02 Å². The first-order valence-electron chi connectivity index (χ1n) is 12.2. The molecule has 0 radical (unpaired) electrons. The van der Waals surface area contributed by atoms with E-state index >= 15 is 0 Å². The van der Waals surface area contributed by atoms with Crippen LogP contribution in [-0.4, -0.2) is 48.1 Å². The second-order valence-electron chi connectivity index (χ2n) is 8.96. The first-order valence-corrected chi connectivity index (χ1v) is 14.2. The Morgan fingerprint density at radius 3 is 2.41 bits per heavy atom. The Morgan fingerprint density at radius 1 is 1.00 bits per heavy atom. The van der Waals surface area contributed by atoms with Crippen LogP contribution >= 0.6 is 39.3 Å². The number of ether oxygens (including phenoxy) is 2. The van der Waals surface area contributed by atoms with Crippen LogP contribution in [0, 0.1) is 13.8 Å². The molecular weight excluding hydrogens is 634 g/mol. The van der Waals surface area contributed by atoms with Crippen LogP contribution in [0.5, 0.6) is 11.5 Å². The second-order valence-corrected chi connectivity index (χ2v) is 11.2. The molecule has 2 N–H and O–H groups in total. The normalized spacial score (nSPS) is 13.9. The van der Waals surface area contributed by atoms with Gasteiger partial charge in [-0.3, -0.25) is 24.1 Å². The predicted octanol–water partition coefficient (Wildman–Crippen LogP) is 6.42. The molecule has 4 amide bonds. The lowest BCUT2D eigenvalue weighted by molar-refractivity contribution is -0.127. The van der Waals surface area contributed by atoms with Crippen LogP contribution in [0.15, 0.2) is 64.0 Å². The molecule has 1 saturated heterocycles. The van der Waals surface area contributed by atoms with Crippen molar-refractivity contribution in [2.75, 3.05) is 30.9 Å². The Balaban J connectivity index is 1.39. The molecule has 0 atom stereocenters. The minimum atomic E-state index is -0.569. The Hall–Kier alpha value is -3.80. The van der Waals surface area contributed by atoms with E-state index in [1.807, 2.05) is 32.0 Å². The molecule has 1 fully saturated rings. The average Bonchev–Trinajstić information content (AvgIpc) is 3.19. The summed E-state index contributed by atoms with van der Waals surface area (Å²) < 4.78 is 11.7. The fourth-order valence-corrected chi connectivity index (χ4v) is 5.19. The molecule has 1 heterocycles. The first kappa shape index (κ1) is 30.2. The maximum Gasteiger partial charge on any atom is 0.294 e. The molecule has 0 unspecified atom stereocenters. The third kappa shape index (κ3) is 7.49. The standard InChI is InChI=1S/C29H25BrClN3O6S/c1-16-5-4-6-17(2)27(16)33-25(35)14-34-28(37)24(41-29(34)38)12-18-7-10-22(23(11-18)39-3)40-15-26(36)32-19-8-9-20(30)21(31)13-19/h4-13H,14-15H2,1-3H3,(H,32,36)(H,33,35)/b24-12+. The number of nitrogens with one attached hydrogen (secondary N) is 2. The SMILES string of the molecule is COc1cc(/C=C2/SC(=O)N(CC(=O)Nc3c(C)cccc3C)C2=O)ccc1OCC(=O)Nc1ccc(Br)c(Cl)c1. The van der Waals surface area contributed by atoms with E-state index in [4.69, 9.17) is 21.1 Å². The second kappa shape index (κ2) is 13.2. The predicted molar refractivity (Wildman–Crippen MR) is 163 cm³/mol. The summed E-state index contributed by atoms with van der Waals surface area (Å²) in [5, 5.41) is 5.41. The Bertz CT molecular complexity index is 1560. The summed E-state index contributed by atoms with van der Waals surface area (Å²) >= 11 is 10.1. The van der Waals surface area contributed by atoms with E-state index < -0.39 is 29.5 Å². The van der Waals surface area contributed by atoms with Gasteiger partial charge in [0.25, 0.3) is 17.1 Å². The summed E-state index contributed by atoms with van der Waals surface area (Å²) in [6.45, 7) is 3.04. The fraction of sp³-hybridized carbons (Fsp3) is 0.172. The number of rotatable bonds is 9. The molecule has 3 aromatic rings. The van der Waals surface area contributed by atoms with E-state index in [-0.39, 0.29) is 11.5 Å². The van der Waals surface area contributed by atoms with Gasteiger partial charge in [-0.25, -0.2) is 0 Å². The van der Waals surface area contributed by atoms with Gasteiger partial charge >= 0.3 is 0 Å². The third-order valence-electron chi connectivity index (χ3n) is 5.97. The van der Waals surface area contributed by atoms with Gasteiger partial charge in [0, 0.05) is 15.8 Å². The van der Waals surface area contributed by atoms with Crippen LogP contribution in [-0.2, 0) is 14.4 Å². The number of carbonyl (C=O) groups is 4. The van der Waals surface area contributed by atoms with Gasteiger partial charge in [0.2, 0.25) is 5.91 Å². The number of para-hydroxylation sites is 1. The molecule has 3 aromatic carbocycles. The van der Waals surface area contributed by atoms with Crippen LogP contribution in [0.25, 0.3) is 6.08 Å². The number of thioether (sulfide) groups is 1. The lowest BCUT2D eigenvalue weighted by Gasteiger charge is -2.15. The number of hydrogen-bond acceptors (Lipinski definition) is 7. The third-order valence-corrected chi connectivity index (χ3v) is 8.11. The highest BCUT2D eigenvalue weighted by molar-refractivity contribution is 9.10. The topological polar surface area (TPSA) is 114 Å². The van der Waals surface area contributed by atoms with E-state index in [0.717, 1.165) is 27.8 Å². The average molecular weight is 659 g/mol. The number of anilines is 2. The van der Waals surface area contributed by atoms with E-state index in [9.17, 15) is 19.2 Å². The molecule has 9 nitrogen and oxygen atoms in total. The van der Waals surface area contributed by atoms with Crippen LogP contribution in [0.4, 0.5) is 16.2 Å². The molecule has 0 saturated carbocycles. The molecule has 0 aliphatic carbocycles. The van der Waals surface area contributed by atoms with Crippen LogP contribution in [0.3, 0.4) is 0 Å². The highest BCUT2D eigenvalue weighted by Crippen LogP contribution is 2.35. The van der Waals surface area contributed by atoms with Gasteiger partial charge in [-0.15, -0.1) is 0 Å². The molecule has 12 heteroatoms. The monoisotopic (exact) mass is 657 g/mol. The number of aryl methyl sites for hydroxylation is 2. The molecule has 41 heavy (non-hydrogen) atoms. The number of nitrogens with zero attached hydrogens (tertiary/aromatic N) is 1. The van der Waals surface area contributed by atoms with Gasteiger partial charge in [-0.05, 0) is 94.6 Å². The number of imide groups is 1. The lowest BCUT2D eigenvalue weighted by Crippen LogP contribution is -2.36. The van der Waals surface area contributed by atoms with Crippen LogP contribution < -0.4 is 20.1 Å². The molecule has 1 aliphatic heterocycles. The summed E-state index contributed by atoms with van der Waals surface area (Å²) in [4.78, 5) is 51.6. The van der Waals surface area contributed by atoms with E-state index in [1.54, 1.807) is 36.4 Å². The molecule has 4 rings (SSSR count). The minimum Gasteiger partial charge on any atom is -0.493 e. The van der Waals surface area contributed by atoms with Crippen molar-refractivity contribution in [2.45, 2.75) is 13.8 Å². The van der Waals surface area contributed by atoms with Gasteiger partial charge in [-0.2, -0.15) is 0 Å². The summed E-state index contributed by atoms with van der Waals surface area (Å²) in [5.41, 5.74) is 3.50. The van der Waals surface area contributed by atoms with E-state index in [1.165, 1.54) is 13.2 Å². The van der Waals surface area contributed by atoms with E-state index in [0.29, 0.717) is 37.9 Å². The summed E-state index contributed by atoms with van der Waals surface area (Å²) in [5.74, 6) is -0.803. The quantitative estimate of drug-likeness (QED) is 0.255. The molecular formula is C29H25BrClN3O6S. The zero-order valence-electron chi connectivity index (χ0n) is 22.2. The minimum absolute atomic E-state index is 0.165. The number of halogens is 2. The zero-order valence-corrected chi connectivity index (χ0v) is 25.4. The number of carbonyl (C=O) groups excluding carboxylic acids is 4. The molecule has 0 aromatic heterocycles. The zero-order chi connectivity index (χ0) is 29.7. The van der Waals surface area contributed by atoms with Crippen molar-refractivity contribution in [3.63, 3.8) is 0 Å². The highest BCUT2D eigenvalue weighted by atomic mass is 79.9. The fourth-order valence-electron chi connectivity index (χ4n) is 3.93. The van der Waals surface area contributed by atoms with Crippen molar-refractivity contribution in [3.8, 4) is 11.5 Å². The van der Waals surface area contributed by atoms with Crippen molar-refractivity contribution in [2.24, 2.45) is 0 Å². The van der Waals surface area contributed by atoms with Crippen molar-refractivity contribution in [3.05, 3.63) is 85.7 Å². The van der Waals surface area contributed by atoms with Gasteiger partial charge in [-0.1, -0.05) is 35.9 Å². The molecule has 0 bridgehead atoms. The Morgan fingerprint density at radius 2 is 1.73 bits per heavy atom. The smallest absolute Gasteiger partial charge is 0.294 e. The number of methoxy groups -OCH3 is 1. The summed E-state index contributed by atoms with van der Waals surface area (Å²) in [6.07, 6.45) is 1.53. The number of benzene rings is 3. The molecule has 1 aliphatic rings. The highest BCUT2D eigenvalue weighted by Gasteiger charge is 2.36. The summed E-state index contributed by atoms with van der Waals surface area (Å²) in [6, 6.07) is 15.5. The van der Waals surface area contributed by atoms with Crippen molar-refractivity contribution < 1.29 is 28.7 Å². The van der Waals surface area contributed by atoms with Crippen molar-refractivity contribution in [1.29, 1.82) is 0 Å². The summed E-state index contributed by atoms with van der Waals surface area (Å²) in [7, 11) is 1.44. The Labute approximate surface area is 254 Å². The van der Waals surface area contributed by atoms with Gasteiger partial charge in [0.15, 0.2) is 18.1 Å². The van der Waals surface area contributed by atoms with Crippen LogP contribution in [0.1, 0.15) is 16.7 Å². The van der Waals surface area contributed by atoms with Crippen molar-refractivity contribution in [1.82, 2.24) is 4.90 Å². The first-order chi connectivity index (χ1) is 19.5. The Kier molecular flexibility index (Phi) is 9.74. The lowest BCUT2D eigenvalue weighted by atomic mass is 10.1. The molecule has 0 spiro atoms. The van der Waals surface area contributed by atoms with Crippen molar-refractivity contribution >= 4 is 79.7 Å². The maximum atomic E-state index is 13.0. The largest absolute Gasteiger partial charge is 0.493 e. The number of amides is 4. The van der Waals surface area contributed by atoms with E-state index in [2.05, 4.69) is 26.6 Å². The maximum absolute atomic E-state index is 13.0. The van der Waals surface area contributed by atoms with Gasteiger partial charge in [0.1, 0.15) is 6.54 Å². The molecule has 212 valence electrons.